The number of likely N-dealkylation sites (tertiary alicyclic amines) is 2. The van der Waals surface area contributed by atoms with Crippen LogP contribution in [0.15, 0.2) is 24.3 Å². The second-order valence-electron chi connectivity index (χ2n) is 8.87. The van der Waals surface area contributed by atoms with Crippen molar-refractivity contribution in [3.63, 3.8) is 0 Å². The number of carbonyl (C=O) groups is 2. The Morgan fingerprint density at radius 2 is 1.79 bits per heavy atom. The van der Waals surface area contributed by atoms with Gasteiger partial charge in [-0.2, -0.15) is 0 Å². The minimum atomic E-state index is 0.0724. The molecule has 2 aliphatic heterocycles. The van der Waals surface area contributed by atoms with Gasteiger partial charge in [-0.1, -0.05) is 31.4 Å². The van der Waals surface area contributed by atoms with Gasteiger partial charge in [0.1, 0.15) is 12.4 Å². The highest BCUT2D eigenvalue weighted by Crippen LogP contribution is 2.34. The molecular formula is C23H30N4O2. The van der Waals surface area contributed by atoms with Crippen LogP contribution >= 0.6 is 0 Å². The second-order valence-corrected chi connectivity index (χ2v) is 8.87. The van der Waals surface area contributed by atoms with Crippen LogP contribution in [0.1, 0.15) is 63.1 Å². The third kappa shape index (κ3) is 3.53. The summed E-state index contributed by atoms with van der Waals surface area (Å²) in [6, 6.07) is 8.42. The summed E-state index contributed by atoms with van der Waals surface area (Å²) in [4.78, 5) is 34.7. The largest absolute Gasteiger partial charge is 0.341 e. The van der Waals surface area contributed by atoms with E-state index in [2.05, 4.69) is 9.47 Å². The first-order valence-corrected chi connectivity index (χ1v) is 11.2. The molecule has 0 bridgehead atoms. The molecule has 0 spiro atoms. The van der Waals surface area contributed by atoms with Crippen LogP contribution < -0.4 is 0 Å². The van der Waals surface area contributed by atoms with Crippen molar-refractivity contribution in [1.82, 2.24) is 19.4 Å². The molecule has 3 fully saturated rings. The van der Waals surface area contributed by atoms with Gasteiger partial charge in [0.2, 0.25) is 11.8 Å². The van der Waals surface area contributed by atoms with Gasteiger partial charge in [0.05, 0.1) is 11.0 Å². The highest BCUT2D eigenvalue weighted by atomic mass is 16.2. The summed E-state index contributed by atoms with van der Waals surface area (Å²) in [6.45, 7) is 2.78. The zero-order valence-corrected chi connectivity index (χ0v) is 17.1. The lowest BCUT2D eigenvalue weighted by Gasteiger charge is -2.31. The number of fused-ring (bicyclic) bond motifs is 1. The lowest BCUT2D eigenvalue weighted by molar-refractivity contribution is -0.131. The van der Waals surface area contributed by atoms with E-state index in [1.54, 1.807) is 0 Å². The molecule has 1 aromatic carbocycles. The number of hydrogen-bond acceptors (Lipinski definition) is 3. The molecule has 3 heterocycles. The smallest absolute Gasteiger partial charge is 0.242 e. The average molecular weight is 395 g/mol. The highest BCUT2D eigenvalue weighted by molar-refractivity contribution is 5.83. The number of para-hydroxylation sites is 2. The molecular weight excluding hydrogens is 364 g/mol. The van der Waals surface area contributed by atoms with Gasteiger partial charge in [-0.25, -0.2) is 4.98 Å². The van der Waals surface area contributed by atoms with E-state index in [1.807, 2.05) is 29.2 Å². The third-order valence-electron chi connectivity index (χ3n) is 6.98. The Balaban J connectivity index is 1.43. The molecule has 1 unspecified atom stereocenters. The lowest BCUT2D eigenvalue weighted by Crippen LogP contribution is -2.37. The first kappa shape index (κ1) is 18.6. The van der Waals surface area contributed by atoms with Crippen molar-refractivity contribution < 1.29 is 9.59 Å². The van der Waals surface area contributed by atoms with Gasteiger partial charge in [-0.05, 0) is 37.8 Å². The maximum atomic E-state index is 12.9. The quantitative estimate of drug-likeness (QED) is 0.799. The molecule has 1 saturated carbocycles. The normalized spacial score (nSPS) is 23.4. The van der Waals surface area contributed by atoms with E-state index >= 15 is 0 Å². The Hall–Kier alpha value is -2.37. The Morgan fingerprint density at radius 3 is 2.59 bits per heavy atom. The predicted octanol–water partition coefficient (Wildman–Crippen LogP) is 3.31. The summed E-state index contributed by atoms with van der Waals surface area (Å²) in [7, 11) is 0. The van der Waals surface area contributed by atoms with E-state index in [9.17, 15) is 9.59 Å². The van der Waals surface area contributed by atoms with Crippen LogP contribution in [-0.2, 0) is 16.1 Å². The van der Waals surface area contributed by atoms with Crippen molar-refractivity contribution in [3.05, 3.63) is 30.1 Å². The van der Waals surface area contributed by atoms with Crippen LogP contribution in [0.5, 0.6) is 0 Å². The fourth-order valence-corrected chi connectivity index (χ4v) is 5.42. The molecule has 1 aromatic heterocycles. The van der Waals surface area contributed by atoms with Gasteiger partial charge in [-0.15, -0.1) is 0 Å². The fourth-order valence-electron chi connectivity index (χ4n) is 5.42. The Morgan fingerprint density at radius 1 is 1.03 bits per heavy atom. The number of carbonyl (C=O) groups excluding carboxylic acids is 2. The average Bonchev–Trinajstić information content (AvgIpc) is 3.48. The molecule has 2 aromatic rings. The molecule has 154 valence electrons. The molecule has 3 aliphatic rings. The van der Waals surface area contributed by atoms with Gasteiger partial charge < -0.3 is 14.4 Å². The Kier molecular flexibility index (Phi) is 5.02. The van der Waals surface area contributed by atoms with E-state index < -0.39 is 0 Å². The van der Waals surface area contributed by atoms with Crippen LogP contribution in [0.25, 0.3) is 11.0 Å². The summed E-state index contributed by atoms with van der Waals surface area (Å²) in [5.41, 5.74) is 1.92. The van der Waals surface area contributed by atoms with E-state index in [4.69, 9.17) is 4.98 Å². The SMILES string of the molecule is O=C(Cn1c(C2CC(=O)N(C3CCCCC3)C2)nc2ccccc21)N1CCCC1. The lowest BCUT2D eigenvalue weighted by atomic mass is 9.94. The van der Waals surface area contributed by atoms with E-state index in [-0.39, 0.29) is 17.7 Å². The van der Waals surface area contributed by atoms with E-state index in [1.165, 1.54) is 19.3 Å². The first-order valence-electron chi connectivity index (χ1n) is 11.2. The monoisotopic (exact) mass is 394 g/mol. The molecule has 29 heavy (non-hydrogen) atoms. The number of amides is 2. The van der Waals surface area contributed by atoms with Gasteiger partial charge >= 0.3 is 0 Å². The number of rotatable bonds is 4. The topological polar surface area (TPSA) is 58.4 Å². The Labute approximate surface area is 171 Å². The molecule has 1 atom stereocenters. The zero-order valence-electron chi connectivity index (χ0n) is 17.1. The zero-order chi connectivity index (χ0) is 19.8. The predicted molar refractivity (Wildman–Crippen MR) is 111 cm³/mol. The van der Waals surface area contributed by atoms with E-state index in [0.29, 0.717) is 19.0 Å². The van der Waals surface area contributed by atoms with Crippen molar-refractivity contribution in [2.24, 2.45) is 0 Å². The molecule has 6 nitrogen and oxygen atoms in total. The van der Waals surface area contributed by atoms with Crippen molar-refractivity contribution in [3.8, 4) is 0 Å². The standard InChI is InChI=1S/C23H30N4O2/c28-21-14-17(15-26(21)18-8-2-1-3-9-18)23-24-19-10-4-5-11-20(19)27(23)16-22(29)25-12-6-7-13-25/h4-5,10-11,17-18H,1-3,6-9,12-16H2. The van der Waals surface area contributed by atoms with Gasteiger partial charge in [0, 0.05) is 38.0 Å². The summed E-state index contributed by atoms with van der Waals surface area (Å²) in [6.07, 6.45) is 8.69. The minimum absolute atomic E-state index is 0.0724. The molecule has 6 heteroatoms. The molecule has 5 rings (SSSR count). The number of nitrogens with zero attached hydrogens (tertiary/aromatic N) is 4. The second kappa shape index (κ2) is 7.81. The first-order chi connectivity index (χ1) is 14.2. The van der Waals surface area contributed by atoms with Gasteiger partial charge in [0.15, 0.2) is 0 Å². The van der Waals surface area contributed by atoms with Crippen LogP contribution in [0.3, 0.4) is 0 Å². The summed E-state index contributed by atoms with van der Waals surface area (Å²) >= 11 is 0. The van der Waals surface area contributed by atoms with Gasteiger partial charge in [0.25, 0.3) is 0 Å². The molecule has 1 aliphatic carbocycles. The van der Waals surface area contributed by atoms with Gasteiger partial charge in [-0.3, -0.25) is 9.59 Å². The minimum Gasteiger partial charge on any atom is -0.341 e. The Bertz CT molecular complexity index is 909. The van der Waals surface area contributed by atoms with Crippen LogP contribution in [0.2, 0.25) is 0 Å². The number of imidazole rings is 1. The van der Waals surface area contributed by atoms with E-state index in [0.717, 1.165) is 62.2 Å². The summed E-state index contributed by atoms with van der Waals surface area (Å²) < 4.78 is 2.08. The third-order valence-corrected chi connectivity index (χ3v) is 6.98. The van der Waals surface area contributed by atoms with Crippen molar-refractivity contribution >= 4 is 22.8 Å². The van der Waals surface area contributed by atoms with Crippen LogP contribution in [-0.4, -0.2) is 56.8 Å². The molecule has 2 amide bonds. The van der Waals surface area contributed by atoms with Crippen molar-refractivity contribution in [1.29, 1.82) is 0 Å². The van der Waals surface area contributed by atoms with Crippen LogP contribution in [0, 0.1) is 0 Å². The number of benzene rings is 1. The molecule has 2 saturated heterocycles. The number of hydrogen-bond donors (Lipinski definition) is 0. The maximum Gasteiger partial charge on any atom is 0.242 e. The van der Waals surface area contributed by atoms with Crippen molar-refractivity contribution in [2.75, 3.05) is 19.6 Å². The molecule has 0 radical (unpaired) electrons. The van der Waals surface area contributed by atoms with Crippen molar-refractivity contribution in [2.45, 2.75) is 69.9 Å². The number of aromatic nitrogens is 2. The maximum absolute atomic E-state index is 12.9. The highest BCUT2D eigenvalue weighted by Gasteiger charge is 2.38. The summed E-state index contributed by atoms with van der Waals surface area (Å²) in [5.74, 6) is 1.40. The molecule has 0 N–H and O–H groups in total. The fraction of sp³-hybridized carbons (Fsp3) is 0.609. The van der Waals surface area contributed by atoms with Crippen LogP contribution in [0.4, 0.5) is 0 Å². The summed E-state index contributed by atoms with van der Waals surface area (Å²) in [5, 5.41) is 0.